The van der Waals surface area contributed by atoms with E-state index in [0.717, 1.165) is 12.1 Å². The summed E-state index contributed by atoms with van der Waals surface area (Å²) in [7, 11) is 0. The molecule has 5 nitrogen and oxygen atoms in total. The van der Waals surface area contributed by atoms with Gasteiger partial charge in [0.15, 0.2) is 11.6 Å². The average molecular weight is 365 g/mol. The van der Waals surface area contributed by atoms with E-state index >= 15 is 0 Å². The highest BCUT2D eigenvalue weighted by Gasteiger charge is 2.19. The highest BCUT2D eigenvalue weighted by molar-refractivity contribution is 6.30. The van der Waals surface area contributed by atoms with Gasteiger partial charge in [-0.25, -0.2) is 13.8 Å². The van der Waals surface area contributed by atoms with Crippen LogP contribution in [-0.2, 0) is 6.61 Å². The molecule has 0 atom stereocenters. The molecule has 2 N–H and O–H groups in total. The third-order valence-corrected chi connectivity index (χ3v) is 3.57. The number of rotatable bonds is 5. The Kier molecular flexibility index (Phi) is 4.67. The lowest BCUT2D eigenvalue weighted by molar-refractivity contribution is 0.0991. The van der Waals surface area contributed by atoms with Crippen LogP contribution in [-0.4, -0.2) is 10.9 Å². The van der Waals surface area contributed by atoms with Crippen LogP contribution in [0.15, 0.2) is 47.1 Å². The van der Waals surface area contributed by atoms with Crippen LogP contribution >= 0.6 is 11.6 Å². The summed E-state index contributed by atoms with van der Waals surface area (Å²) >= 11 is 5.82. The number of oxazole rings is 1. The fourth-order valence-corrected chi connectivity index (χ4v) is 2.25. The number of nitrogens with two attached hydrogens (primary N) is 1. The first-order valence-electron chi connectivity index (χ1n) is 7.06. The molecule has 0 radical (unpaired) electrons. The van der Waals surface area contributed by atoms with Crippen LogP contribution in [0.2, 0.25) is 5.02 Å². The van der Waals surface area contributed by atoms with Crippen molar-refractivity contribution >= 4 is 17.5 Å². The van der Waals surface area contributed by atoms with E-state index < -0.39 is 23.1 Å². The van der Waals surface area contributed by atoms with Gasteiger partial charge in [-0.1, -0.05) is 11.6 Å². The number of carbonyl (C=O) groups excluding carboxylic acids is 1. The van der Waals surface area contributed by atoms with Gasteiger partial charge >= 0.3 is 0 Å². The monoisotopic (exact) mass is 364 g/mol. The van der Waals surface area contributed by atoms with Crippen molar-refractivity contribution in [1.29, 1.82) is 0 Å². The standard InChI is InChI=1S/C17H11ClF2N2O3/c18-10-3-1-9(2-4-10)17-22-11(8-25-17)7-24-13-6-5-12(19)14(15(13)20)16(21)23/h1-6,8H,7H2,(H2,21,23). The summed E-state index contributed by atoms with van der Waals surface area (Å²) in [6.45, 7) is -0.141. The molecule has 1 heterocycles. The molecule has 3 aromatic rings. The topological polar surface area (TPSA) is 78.4 Å². The van der Waals surface area contributed by atoms with Crippen LogP contribution in [0.5, 0.6) is 5.75 Å². The molecule has 8 heteroatoms. The summed E-state index contributed by atoms with van der Waals surface area (Å²) in [6, 6.07) is 8.82. The van der Waals surface area contributed by atoms with E-state index in [0.29, 0.717) is 22.2 Å². The fourth-order valence-electron chi connectivity index (χ4n) is 2.12. The molecule has 1 aromatic heterocycles. The Hall–Kier alpha value is -2.93. The van der Waals surface area contributed by atoms with Crippen LogP contribution in [0.3, 0.4) is 0 Å². The Morgan fingerprint density at radius 1 is 1.20 bits per heavy atom. The first-order chi connectivity index (χ1) is 12.0. The number of aromatic nitrogens is 1. The maximum atomic E-state index is 14.1. The predicted molar refractivity (Wildman–Crippen MR) is 86.2 cm³/mol. The van der Waals surface area contributed by atoms with Crippen molar-refractivity contribution in [1.82, 2.24) is 4.98 Å². The van der Waals surface area contributed by atoms with Crippen molar-refractivity contribution in [3.63, 3.8) is 0 Å². The third kappa shape index (κ3) is 3.61. The molecule has 2 aromatic carbocycles. The van der Waals surface area contributed by atoms with Crippen molar-refractivity contribution in [2.75, 3.05) is 0 Å². The average Bonchev–Trinajstić information content (AvgIpc) is 3.03. The summed E-state index contributed by atoms with van der Waals surface area (Å²) in [5.74, 6) is -3.40. The lowest BCUT2D eigenvalue weighted by atomic mass is 10.1. The Balaban J connectivity index is 1.76. The smallest absolute Gasteiger partial charge is 0.254 e. The van der Waals surface area contributed by atoms with Crippen molar-refractivity contribution in [3.05, 3.63) is 70.6 Å². The quantitative estimate of drug-likeness (QED) is 0.743. The summed E-state index contributed by atoms with van der Waals surface area (Å²) in [6.07, 6.45) is 1.35. The van der Waals surface area contributed by atoms with Gasteiger partial charge in [0.1, 0.15) is 29.9 Å². The molecule has 128 valence electrons. The summed E-state index contributed by atoms with van der Waals surface area (Å²) in [5.41, 5.74) is 5.20. The number of halogens is 3. The van der Waals surface area contributed by atoms with Gasteiger partial charge in [-0.15, -0.1) is 0 Å². The minimum atomic E-state index is -1.22. The van der Waals surface area contributed by atoms with Crippen molar-refractivity contribution in [2.45, 2.75) is 6.61 Å². The van der Waals surface area contributed by atoms with Gasteiger partial charge in [0.2, 0.25) is 5.89 Å². The molecule has 25 heavy (non-hydrogen) atoms. The van der Waals surface area contributed by atoms with Crippen LogP contribution in [0.1, 0.15) is 16.1 Å². The minimum absolute atomic E-state index is 0.141. The van der Waals surface area contributed by atoms with E-state index in [9.17, 15) is 13.6 Å². The van der Waals surface area contributed by atoms with E-state index in [-0.39, 0.29) is 12.4 Å². The number of hydrogen-bond donors (Lipinski definition) is 1. The fraction of sp³-hybridized carbons (Fsp3) is 0.0588. The van der Waals surface area contributed by atoms with E-state index in [1.807, 2.05) is 0 Å². The molecule has 0 aliphatic heterocycles. The van der Waals surface area contributed by atoms with E-state index in [1.54, 1.807) is 24.3 Å². The molecular weight excluding hydrogens is 354 g/mol. The highest BCUT2D eigenvalue weighted by atomic mass is 35.5. The number of amides is 1. The SMILES string of the molecule is NC(=O)c1c(F)ccc(OCc2coc(-c3ccc(Cl)cc3)n2)c1F. The minimum Gasteiger partial charge on any atom is -0.484 e. The van der Waals surface area contributed by atoms with Gasteiger partial charge in [-0.2, -0.15) is 0 Å². The molecule has 0 spiro atoms. The summed E-state index contributed by atoms with van der Waals surface area (Å²) < 4.78 is 38.1. The van der Waals surface area contributed by atoms with Gasteiger partial charge in [0.25, 0.3) is 5.91 Å². The maximum absolute atomic E-state index is 14.1. The Labute approximate surface area is 146 Å². The van der Waals surface area contributed by atoms with E-state index in [2.05, 4.69) is 4.98 Å². The number of ether oxygens (including phenoxy) is 1. The van der Waals surface area contributed by atoms with Gasteiger partial charge in [0.05, 0.1) is 0 Å². The number of benzene rings is 2. The van der Waals surface area contributed by atoms with Gasteiger partial charge < -0.3 is 14.9 Å². The molecular formula is C17H11ClF2N2O3. The molecule has 0 bridgehead atoms. The highest BCUT2D eigenvalue weighted by Crippen LogP contribution is 2.25. The zero-order valence-corrected chi connectivity index (χ0v) is 13.4. The molecule has 3 rings (SSSR count). The number of nitrogens with zero attached hydrogens (tertiary/aromatic N) is 1. The molecule has 0 aliphatic rings. The number of carbonyl (C=O) groups is 1. The van der Waals surface area contributed by atoms with Crippen LogP contribution < -0.4 is 10.5 Å². The zero-order valence-electron chi connectivity index (χ0n) is 12.6. The van der Waals surface area contributed by atoms with E-state index in [1.165, 1.54) is 6.26 Å². The second kappa shape index (κ2) is 6.90. The molecule has 0 fully saturated rings. The van der Waals surface area contributed by atoms with Crippen molar-refractivity contribution in [3.8, 4) is 17.2 Å². The number of hydrogen-bond acceptors (Lipinski definition) is 4. The third-order valence-electron chi connectivity index (χ3n) is 3.32. The summed E-state index contributed by atoms with van der Waals surface area (Å²) in [5, 5.41) is 0.580. The molecule has 1 amide bonds. The van der Waals surface area contributed by atoms with Gasteiger partial charge in [-0.3, -0.25) is 4.79 Å². The molecule has 0 saturated heterocycles. The lowest BCUT2D eigenvalue weighted by Crippen LogP contribution is -2.16. The number of primary amides is 1. The molecule has 0 unspecified atom stereocenters. The van der Waals surface area contributed by atoms with Crippen molar-refractivity contribution < 1.29 is 22.7 Å². The van der Waals surface area contributed by atoms with Crippen LogP contribution in [0.4, 0.5) is 8.78 Å². The van der Waals surface area contributed by atoms with Crippen molar-refractivity contribution in [2.24, 2.45) is 5.73 Å². The zero-order chi connectivity index (χ0) is 18.0. The second-order valence-corrected chi connectivity index (χ2v) is 5.47. The Morgan fingerprint density at radius 2 is 1.92 bits per heavy atom. The molecule has 0 saturated carbocycles. The predicted octanol–water partition coefficient (Wildman–Crippen LogP) is 3.95. The first-order valence-corrected chi connectivity index (χ1v) is 7.44. The largest absolute Gasteiger partial charge is 0.484 e. The first kappa shape index (κ1) is 16.9. The van der Waals surface area contributed by atoms with Gasteiger partial charge in [0, 0.05) is 10.6 Å². The van der Waals surface area contributed by atoms with Gasteiger partial charge in [-0.05, 0) is 36.4 Å². The Morgan fingerprint density at radius 3 is 2.60 bits per heavy atom. The van der Waals surface area contributed by atoms with Crippen LogP contribution in [0, 0.1) is 11.6 Å². The van der Waals surface area contributed by atoms with Crippen LogP contribution in [0.25, 0.3) is 11.5 Å². The maximum Gasteiger partial charge on any atom is 0.254 e. The Bertz CT molecular complexity index is 926. The normalized spacial score (nSPS) is 10.7. The second-order valence-electron chi connectivity index (χ2n) is 5.04. The summed E-state index contributed by atoms with van der Waals surface area (Å²) in [4.78, 5) is 15.3. The van der Waals surface area contributed by atoms with E-state index in [4.69, 9.17) is 26.5 Å². The lowest BCUT2D eigenvalue weighted by Gasteiger charge is -2.08. The molecule has 0 aliphatic carbocycles.